The van der Waals surface area contributed by atoms with E-state index in [1.807, 2.05) is 36.4 Å². The van der Waals surface area contributed by atoms with E-state index in [-0.39, 0.29) is 5.91 Å². The van der Waals surface area contributed by atoms with E-state index in [1.165, 1.54) is 34.4 Å². The normalized spacial score (nSPS) is 13.9. The van der Waals surface area contributed by atoms with E-state index in [9.17, 15) is 4.79 Å². The number of nitrogens with one attached hydrogen (secondary N) is 1. The Kier molecular flexibility index (Phi) is 6.75. The average Bonchev–Trinajstić information content (AvgIpc) is 2.79. The van der Waals surface area contributed by atoms with Crippen LogP contribution in [0.5, 0.6) is 5.75 Å². The first-order valence-electron chi connectivity index (χ1n) is 10.5. The van der Waals surface area contributed by atoms with Crippen LogP contribution >= 0.6 is 11.8 Å². The number of carbonyl (C=O) groups excluding carboxylic acids is 1. The minimum atomic E-state index is -0.556. The lowest BCUT2D eigenvalue weighted by molar-refractivity contribution is -0.122. The van der Waals surface area contributed by atoms with E-state index < -0.39 is 6.10 Å². The summed E-state index contributed by atoms with van der Waals surface area (Å²) in [7, 11) is 0. The molecule has 1 N–H and O–H groups in total. The maximum atomic E-state index is 12.6. The minimum Gasteiger partial charge on any atom is -0.481 e. The van der Waals surface area contributed by atoms with Crippen molar-refractivity contribution < 1.29 is 9.53 Å². The van der Waals surface area contributed by atoms with Gasteiger partial charge in [0.25, 0.3) is 5.91 Å². The first-order valence-corrected chi connectivity index (χ1v) is 11.5. The molecule has 0 spiro atoms. The zero-order valence-electron chi connectivity index (χ0n) is 17.3. The topological polar surface area (TPSA) is 38.3 Å². The molecule has 0 unspecified atom stereocenters. The van der Waals surface area contributed by atoms with Gasteiger partial charge >= 0.3 is 0 Å². The van der Waals surface area contributed by atoms with Crippen molar-refractivity contribution in [3.63, 3.8) is 0 Å². The molecule has 0 saturated heterocycles. The van der Waals surface area contributed by atoms with Gasteiger partial charge in [0, 0.05) is 16.3 Å². The van der Waals surface area contributed by atoms with Gasteiger partial charge in [-0.25, -0.2) is 0 Å². The van der Waals surface area contributed by atoms with E-state index in [0.717, 1.165) is 30.0 Å². The number of aryl methyl sites for hydroxylation is 2. The number of fused-ring (bicyclic) bond motifs is 1. The van der Waals surface area contributed by atoms with E-state index in [1.54, 1.807) is 18.7 Å². The third-order valence-electron chi connectivity index (χ3n) is 5.37. The average molecular weight is 418 g/mol. The van der Waals surface area contributed by atoms with Crippen molar-refractivity contribution in [3.8, 4) is 5.75 Å². The Balaban J connectivity index is 1.29. The van der Waals surface area contributed by atoms with Crippen LogP contribution in [0, 0.1) is 0 Å². The fraction of sp³-hybridized carbons (Fsp3) is 0.269. The van der Waals surface area contributed by atoms with Gasteiger partial charge in [-0.2, -0.15) is 0 Å². The summed E-state index contributed by atoms with van der Waals surface area (Å²) in [6.07, 6.45) is 4.18. The molecule has 1 aliphatic rings. The smallest absolute Gasteiger partial charge is 0.265 e. The van der Waals surface area contributed by atoms with Gasteiger partial charge < -0.3 is 10.1 Å². The Morgan fingerprint density at radius 2 is 1.70 bits per heavy atom. The molecule has 1 aliphatic carbocycles. The van der Waals surface area contributed by atoms with Gasteiger partial charge in [-0.05, 0) is 85.7 Å². The third-order valence-corrected chi connectivity index (χ3v) is 6.46. The lowest BCUT2D eigenvalue weighted by atomic mass is 9.92. The molecule has 0 aliphatic heterocycles. The quantitative estimate of drug-likeness (QED) is 0.461. The summed E-state index contributed by atoms with van der Waals surface area (Å²) < 4.78 is 5.91. The molecule has 4 rings (SSSR count). The van der Waals surface area contributed by atoms with E-state index in [2.05, 4.69) is 41.7 Å². The minimum absolute atomic E-state index is 0.140. The zero-order valence-corrected chi connectivity index (χ0v) is 18.1. The predicted molar refractivity (Wildman–Crippen MR) is 124 cm³/mol. The number of hydrogen-bond acceptors (Lipinski definition) is 3. The zero-order chi connectivity index (χ0) is 20.8. The van der Waals surface area contributed by atoms with Crippen LogP contribution < -0.4 is 10.1 Å². The summed E-state index contributed by atoms with van der Waals surface area (Å²) in [6, 6.07) is 24.6. The highest BCUT2D eigenvalue weighted by Gasteiger charge is 2.16. The molecule has 0 fully saturated rings. The van der Waals surface area contributed by atoms with E-state index in [4.69, 9.17) is 4.74 Å². The maximum absolute atomic E-state index is 12.6. The number of benzene rings is 3. The Bertz CT molecular complexity index is 986. The molecule has 30 heavy (non-hydrogen) atoms. The summed E-state index contributed by atoms with van der Waals surface area (Å²) in [6.45, 7) is 1.79. The SMILES string of the molecule is C[C@H](Oc1ccc2c(c1)CCCC2)C(=O)Nc1ccc(CSc2ccccc2)cc1. The second kappa shape index (κ2) is 9.86. The van der Waals surface area contributed by atoms with Crippen LogP contribution in [-0.4, -0.2) is 12.0 Å². The molecule has 4 heteroatoms. The second-order valence-corrected chi connectivity index (χ2v) is 8.73. The van der Waals surface area contributed by atoms with Gasteiger partial charge in [0.1, 0.15) is 5.75 Å². The number of anilines is 1. The van der Waals surface area contributed by atoms with Crippen LogP contribution in [0.4, 0.5) is 5.69 Å². The van der Waals surface area contributed by atoms with Crippen molar-refractivity contribution in [2.45, 2.75) is 49.4 Å². The Morgan fingerprint density at radius 3 is 2.47 bits per heavy atom. The van der Waals surface area contributed by atoms with Crippen molar-refractivity contribution in [2.75, 3.05) is 5.32 Å². The molecule has 3 nitrogen and oxygen atoms in total. The molecule has 154 valence electrons. The summed E-state index contributed by atoms with van der Waals surface area (Å²) >= 11 is 1.80. The van der Waals surface area contributed by atoms with Crippen molar-refractivity contribution in [3.05, 3.63) is 89.5 Å². The Labute approximate surface area is 182 Å². The van der Waals surface area contributed by atoms with Gasteiger partial charge in [-0.1, -0.05) is 36.4 Å². The number of hydrogen-bond donors (Lipinski definition) is 1. The van der Waals surface area contributed by atoms with E-state index >= 15 is 0 Å². The molecule has 1 atom stereocenters. The van der Waals surface area contributed by atoms with Crippen LogP contribution in [0.3, 0.4) is 0 Å². The molecule has 1 amide bonds. The highest BCUT2D eigenvalue weighted by atomic mass is 32.2. The van der Waals surface area contributed by atoms with Gasteiger partial charge in [0.05, 0.1) is 0 Å². The van der Waals surface area contributed by atoms with Crippen molar-refractivity contribution in [1.82, 2.24) is 0 Å². The molecule has 3 aromatic carbocycles. The maximum Gasteiger partial charge on any atom is 0.265 e. The van der Waals surface area contributed by atoms with Gasteiger partial charge in [-0.15, -0.1) is 11.8 Å². The molecular weight excluding hydrogens is 390 g/mol. The van der Waals surface area contributed by atoms with Gasteiger partial charge in [0.2, 0.25) is 0 Å². The van der Waals surface area contributed by atoms with Crippen molar-refractivity contribution >= 4 is 23.4 Å². The molecule has 0 radical (unpaired) electrons. The van der Waals surface area contributed by atoms with Crippen molar-refractivity contribution in [1.29, 1.82) is 0 Å². The molecule has 0 saturated carbocycles. The van der Waals surface area contributed by atoms with Gasteiger partial charge in [0.15, 0.2) is 6.10 Å². The summed E-state index contributed by atoms with van der Waals surface area (Å²) in [5.41, 5.74) is 4.78. The van der Waals surface area contributed by atoms with Crippen LogP contribution in [0.1, 0.15) is 36.5 Å². The highest BCUT2D eigenvalue weighted by Crippen LogP contribution is 2.26. The van der Waals surface area contributed by atoms with Crippen LogP contribution in [-0.2, 0) is 23.4 Å². The predicted octanol–water partition coefficient (Wildman–Crippen LogP) is 6.26. The Hall–Kier alpha value is -2.72. The standard InChI is InChI=1S/C26H27NO2S/c1-19(29-24-16-13-21-7-5-6-8-22(21)17-24)26(28)27-23-14-11-20(12-15-23)18-30-25-9-3-2-4-10-25/h2-4,9-17,19H,5-8,18H2,1H3,(H,27,28)/t19-/m0/s1. The number of thioether (sulfide) groups is 1. The number of amides is 1. The fourth-order valence-corrected chi connectivity index (χ4v) is 4.53. The largest absolute Gasteiger partial charge is 0.481 e. The number of ether oxygens (including phenoxy) is 1. The summed E-state index contributed by atoms with van der Waals surface area (Å²) in [5, 5.41) is 2.95. The van der Waals surface area contributed by atoms with Crippen LogP contribution in [0.15, 0.2) is 77.7 Å². The second-order valence-electron chi connectivity index (χ2n) is 7.69. The molecule has 0 bridgehead atoms. The number of carbonyl (C=O) groups is 1. The molecular formula is C26H27NO2S. The highest BCUT2D eigenvalue weighted by molar-refractivity contribution is 7.98. The van der Waals surface area contributed by atoms with Crippen LogP contribution in [0.25, 0.3) is 0 Å². The number of rotatable bonds is 7. The van der Waals surface area contributed by atoms with Gasteiger partial charge in [-0.3, -0.25) is 4.79 Å². The monoisotopic (exact) mass is 417 g/mol. The first-order chi connectivity index (χ1) is 14.7. The van der Waals surface area contributed by atoms with Crippen LogP contribution in [0.2, 0.25) is 0 Å². The first kappa shape index (κ1) is 20.5. The lowest BCUT2D eigenvalue weighted by Gasteiger charge is -2.19. The molecule has 0 aromatic heterocycles. The van der Waals surface area contributed by atoms with Crippen molar-refractivity contribution in [2.24, 2.45) is 0 Å². The molecule has 3 aromatic rings. The molecule has 0 heterocycles. The van der Waals surface area contributed by atoms with E-state index in [0.29, 0.717) is 0 Å². The Morgan fingerprint density at radius 1 is 0.967 bits per heavy atom. The lowest BCUT2D eigenvalue weighted by Crippen LogP contribution is -2.30. The third kappa shape index (κ3) is 5.45. The summed E-state index contributed by atoms with van der Waals surface area (Å²) in [4.78, 5) is 13.8. The summed E-state index contributed by atoms with van der Waals surface area (Å²) in [5.74, 6) is 1.53. The fourth-order valence-electron chi connectivity index (χ4n) is 3.65.